The van der Waals surface area contributed by atoms with Gasteiger partial charge < -0.3 is 4.74 Å². The molecule has 0 aliphatic heterocycles. The summed E-state index contributed by atoms with van der Waals surface area (Å²) in [6, 6.07) is 0. The molecular formula is C7H16OS. The highest BCUT2D eigenvalue weighted by Crippen LogP contribution is 2.07. The van der Waals surface area contributed by atoms with Crippen LogP contribution in [-0.4, -0.2) is 19.5 Å². The lowest BCUT2D eigenvalue weighted by Gasteiger charge is -2.06. The van der Waals surface area contributed by atoms with E-state index in [1.165, 1.54) is 6.42 Å². The molecule has 9 heavy (non-hydrogen) atoms. The largest absolute Gasteiger partial charge is 0.385 e. The number of ether oxygens (including phenoxy) is 1. The quantitative estimate of drug-likeness (QED) is 0.586. The minimum absolute atomic E-state index is 0.766. The van der Waals surface area contributed by atoms with Crippen LogP contribution >= 0.6 is 12.6 Å². The fourth-order valence-corrected chi connectivity index (χ4v) is 1.12. The monoisotopic (exact) mass is 148 g/mol. The molecule has 0 aliphatic carbocycles. The van der Waals surface area contributed by atoms with Crippen LogP contribution in [0.25, 0.3) is 0 Å². The third-order valence-electron chi connectivity index (χ3n) is 1.44. The maximum absolute atomic E-state index is 4.93. The van der Waals surface area contributed by atoms with E-state index in [1.807, 2.05) is 0 Å². The summed E-state index contributed by atoms with van der Waals surface area (Å²) in [5.41, 5.74) is 0. The second-order valence-electron chi connectivity index (χ2n) is 2.40. The SMILES string of the molecule is COCCC(C)CCS. The number of hydrogen-bond donors (Lipinski definition) is 1. The molecule has 0 spiro atoms. The highest BCUT2D eigenvalue weighted by molar-refractivity contribution is 7.80. The zero-order chi connectivity index (χ0) is 7.11. The Labute approximate surface area is 63.2 Å². The van der Waals surface area contributed by atoms with E-state index in [4.69, 9.17) is 4.74 Å². The normalized spacial score (nSPS) is 13.7. The standard InChI is InChI=1S/C7H16OS/c1-7(4-6-9)3-5-8-2/h7,9H,3-6H2,1-2H3. The second-order valence-corrected chi connectivity index (χ2v) is 2.85. The first-order valence-electron chi connectivity index (χ1n) is 3.41. The summed E-state index contributed by atoms with van der Waals surface area (Å²) >= 11 is 4.14. The first-order valence-corrected chi connectivity index (χ1v) is 4.04. The Hall–Kier alpha value is 0.310. The van der Waals surface area contributed by atoms with Gasteiger partial charge in [-0.2, -0.15) is 12.6 Å². The van der Waals surface area contributed by atoms with Gasteiger partial charge in [-0.3, -0.25) is 0 Å². The zero-order valence-corrected chi connectivity index (χ0v) is 7.16. The third kappa shape index (κ3) is 6.19. The summed E-state index contributed by atoms with van der Waals surface area (Å²) in [6.45, 7) is 3.12. The van der Waals surface area contributed by atoms with Gasteiger partial charge in [0, 0.05) is 13.7 Å². The van der Waals surface area contributed by atoms with Crippen LogP contribution in [0.1, 0.15) is 19.8 Å². The Kier molecular flexibility index (Phi) is 6.65. The minimum atomic E-state index is 0.766. The smallest absolute Gasteiger partial charge is 0.0464 e. The van der Waals surface area contributed by atoms with Gasteiger partial charge >= 0.3 is 0 Å². The number of methoxy groups -OCH3 is 1. The van der Waals surface area contributed by atoms with E-state index < -0.39 is 0 Å². The maximum Gasteiger partial charge on any atom is 0.0464 e. The van der Waals surface area contributed by atoms with Crippen LogP contribution in [0.2, 0.25) is 0 Å². The van der Waals surface area contributed by atoms with Crippen molar-refractivity contribution in [3.63, 3.8) is 0 Å². The Morgan fingerprint density at radius 3 is 2.56 bits per heavy atom. The van der Waals surface area contributed by atoms with E-state index in [9.17, 15) is 0 Å². The van der Waals surface area contributed by atoms with Crippen LogP contribution in [0.15, 0.2) is 0 Å². The molecule has 2 heteroatoms. The minimum Gasteiger partial charge on any atom is -0.385 e. The summed E-state index contributed by atoms with van der Waals surface area (Å²) in [5, 5.41) is 0. The van der Waals surface area contributed by atoms with E-state index in [-0.39, 0.29) is 0 Å². The van der Waals surface area contributed by atoms with Crippen molar-refractivity contribution < 1.29 is 4.74 Å². The van der Waals surface area contributed by atoms with Crippen molar-refractivity contribution >= 4 is 12.6 Å². The van der Waals surface area contributed by atoms with Crippen molar-refractivity contribution in [3.8, 4) is 0 Å². The first kappa shape index (κ1) is 9.31. The molecule has 1 nitrogen and oxygen atoms in total. The molecule has 0 aliphatic rings. The lowest BCUT2D eigenvalue weighted by Crippen LogP contribution is -2.00. The Morgan fingerprint density at radius 2 is 2.11 bits per heavy atom. The molecule has 0 saturated carbocycles. The summed E-state index contributed by atoms with van der Waals surface area (Å²) < 4.78 is 4.93. The van der Waals surface area contributed by atoms with Crippen molar-refractivity contribution in [2.24, 2.45) is 5.92 Å². The van der Waals surface area contributed by atoms with Crippen LogP contribution in [0, 0.1) is 5.92 Å². The first-order chi connectivity index (χ1) is 4.31. The molecule has 56 valence electrons. The molecular weight excluding hydrogens is 132 g/mol. The van der Waals surface area contributed by atoms with Crippen LogP contribution in [-0.2, 0) is 4.74 Å². The Balaban J connectivity index is 2.95. The number of rotatable bonds is 5. The highest BCUT2D eigenvalue weighted by atomic mass is 32.1. The van der Waals surface area contributed by atoms with Gasteiger partial charge in [0.1, 0.15) is 0 Å². The van der Waals surface area contributed by atoms with Crippen molar-refractivity contribution in [1.82, 2.24) is 0 Å². The van der Waals surface area contributed by atoms with Gasteiger partial charge in [0.15, 0.2) is 0 Å². The molecule has 0 heterocycles. The number of thiol groups is 1. The lowest BCUT2D eigenvalue weighted by atomic mass is 10.1. The van der Waals surface area contributed by atoms with Gasteiger partial charge in [0.05, 0.1) is 0 Å². The van der Waals surface area contributed by atoms with Gasteiger partial charge in [-0.1, -0.05) is 6.92 Å². The predicted octanol–water partition coefficient (Wildman–Crippen LogP) is 1.98. The van der Waals surface area contributed by atoms with Gasteiger partial charge in [-0.25, -0.2) is 0 Å². The Morgan fingerprint density at radius 1 is 1.44 bits per heavy atom. The van der Waals surface area contributed by atoms with Crippen LogP contribution in [0.4, 0.5) is 0 Å². The van der Waals surface area contributed by atoms with Gasteiger partial charge in [0.2, 0.25) is 0 Å². The van der Waals surface area contributed by atoms with E-state index in [2.05, 4.69) is 19.6 Å². The van der Waals surface area contributed by atoms with Crippen molar-refractivity contribution in [3.05, 3.63) is 0 Å². The molecule has 0 radical (unpaired) electrons. The summed E-state index contributed by atoms with van der Waals surface area (Å²) in [4.78, 5) is 0. The molecule has 0 aromatic carbocycles. The van der Waals surface area contributed by atoms with E-state index in [1.54, 1.807) is 7.11 Å². The third-order valence-corrected chi connectivity index (χ3v) is 1.69. The fraction of sp³-hybridized carbons (Fsp3) is 1.00. The highest BCUT2D eigenvalue weighted by Gasteiger charge is 1.98. The predicted molar refractivity (Wildman–Crippen MR) is 44.1 cm³/mol. The van der Waals surface area contributed by atoms with E-state index in [0.29, 0.717) is 0 Å². The van der Waals surface area contributed by atoms with E-state index in [0.717, 1.165) is 24.7 Å². The van der Waals surface area contributed by atoms with Gasteiger partial charge in [-0.05, 0) is 24.5 Å². The molecule has 0 aromatic rings. The summed E-state index contributed by atoms with van der Waals surface area (Å²) in [7, 11) is 1.74. The van der Waals surface area contributed by atoms with Crippen molar-refractivity contribution in [2.45, 2.75) is 19.8 Å². The Bertz CT molecular complexity index is 56.9. The summed E-state index contributed by atoms with van der Waals surface area (Å²) in [5.74, 6) is 1.76. The molecule has 0 saturated heterocycles. The molecule has 0 fully saturated rings. The van der Waals surface area contributed by atoms with E-state index >= 15 is 0 Å². The molecule has 0 amide bonds. The molecule has 0 rings (SSSR count). The van der Waals surface area contributed by atoms with Gasteiger partial charge in [0.25, 0.3) is 0 Å². The molecule has 0 N–H and O–H groups in total. The molecule has 1 atom stereocenters. The van der Waals surface area contributed by atoms with Crippen LogP contribution < -0.4 is 0 Å². The van der Waals surface area contributed by atoms with Gasteiger partial charge in [-0.15, -0.1) is 0 Å². The van der Waals surface area contributed by atoms with Crippen molar-refractivity contribution in [1.29, 1.82) is 0 Å². The maximum atomic E-state index is 4.93. The average Bonchev–Trinajstić information content (AvgIpc) is 1.85. The molecule has 0 bridgehead atoms. The number of hydrogen-bond acceptors (Lipinski definition) is 2. The molecule has 1 unspecified atom stereocenters. The second kappa shape index (κ2) is 6.43. The van der Waals surface area contributed by atoms with Crippen LogP contribution in [0.5, 0.6) is 0 Å². The van der Waals surface area contributed by atoms with Crippen molar-refractivity contribution in [2.75, 3.05) is 19.5 Å². The zero-order valence-electron chi connectivity index (χ0n) is 6.26. The fourth-order valence-electron chi connectivity index (χ4n) is 0.684. The summed E-state index contributed by atoms with van der Waals surface area (Å²) in [6.07, 6.45) is 2.36. The topological polar surface area (TPSA) is 9.23 Å². The molecule has 0 aromatic heterocycles. The average molecular weight is 148 g/mol. The van der Waals surface area contributed by atoms with Crippen LogP contribution in [0.3, 0.4) is 0 Å². The lowest BCUT2D eigenvalue weighted by molar-refractivity contribution is 0.179.